The molecular weight excluding hydrogens is 196 g/mol. The third-order valence-corrected chi connectivity index (χ3v) is 2.88. The fourth-order valence-electron chi connectivity index (χ4n) is 2.13. The van der Waals surface area contributed by atoms with E-state index in [0.29, 0.717) is 18.8 Å². The van der Waals surface area contributed by atoms with Crippen LogP contribution in [0.4, 0.5) is 0 Å². The van der Waals surface area contributed by atoms with E-state index < -0.39 is 11.5 Å². The Morgan fingerprint density at radius 3 is 2.80 bits per heavy atom. The van der Waals surface area contributed by atoms with Crippen molar-refractivity contribution in [2.75, 3.05) is 6.54 Å². The Labute approximate surface area is 89.0 Å². The quantitative estimate of drug-likeness (QED) is 0.621. The van der Waals surface area contributed by atoms with Gasteiger partial charge in [-0.25, -0.2) is 0 Å². The van der Waals surface area contributed by atoms with Gasteiger partial charge in [0.05, 0.1) is 5.54 Å². The minimum Gasteiger partial charge on any atom is -0.480 e. The predicted molar refractivity (Wildman–Crippen MR) is 55.2 cm³/mol. The Morgan fingerprint density at radius 2 is 2.27 bits per heavy atom. The lowest BCUT2D eigenvalue weighted by molar-refractivity contribution is -0.139. The highest BCUT2D eigenvalue weighted by Crippen LogP contribution is 2.30. The van der Waals surface area contributed by atoms with E-state index >= 15 is 0 Å². The van der Waals surface area contributed by atoms with Crippen LogP contribution in [0, 0.1) is 5.92 Å². The molecule has 0 heterocycles. The zero-order valence-corrected chi connectivity index (χ0v) is 8.95. The van der Waals surface area contributed by atoms with Crippen LogP contribution in [0.15, 0.2) is 0 Å². The SMILES string of the molecule is CC1CCCC(N)(C(=O)NCC(=O)O)C1. The van der Waals surface area contributed by atoms with E-state index in [0.717, 1.165) is 12.8 Å². The Bertz CT molecular complexity index is 267. The molecule has 1 rings (SSSR count). The topological polar surface area (TPSA) is 92.4 Å². The number of carbonyl (C=O) groups is 2. The van der Waals surface area contributed by atoms with E-state index in [9.17, 15) is 9.59 Å². The maximum Gasteiger partial charge on any atom is 0.322 e. The van der Waals surface area contributed by atoms with Crippen LogP contribution in [-0.4, -0.2) is 29.1 Å². The van der Waals surface area contributed by atoms with Crippen molar-refractivity contribution >= 4 is 11.9 Å². The zero-order valence-electron chi connectivity index (χ0n) is 8.95. The van der Waals surface area contributed by atoms with Gasteiger partial charge in [-0.3, -0.25) is 9.59 Å². The number of carboxylic acid groups (broad SMARTS) is 1. The summed E-state index contributed by atoms with van der Waals surface area (Å²) in [4.78, 5) is 22.0. The van der Waals surface area contributed by atoms with Crippen molar-refractivity contribution < 1.29 is 14.7 Å². The standard InChI is InChI=1S/C10H18N2O3/c1-7-3-2-4-10(11,5-7)9(15)12-6-8(13)14/h7H,2-6,11H2,1H3,(H,12,15)(H,13,14). The third-order valence-electron chi connectivity index (χ3n) is 2.88. The van der Waals surface area contributed by atoms with E-state index in [1.54, 1.807) is 0 Å². The molecule has 0 saturated heterocycles. The van der Waals surface area contributed by atoms with Crippen LogP contribution in [0.5, 0.6) is 0 Å². The summed E-state index contributed by atoms with van der Waals surface area (Å²) in [6.07, 6.45) is 3.30. The van der Waals surface area contributed by atoms with Gasteiger partial charge in [0.1, 0.15) is 6.54 Å². The summed E-state index contributed by atoms with van der Waals surface area (Å²) >= 11 is 0. The lowest BCUT2D eigenvalue weighted by Gasteiger charge is -2.35. The lowest BCUT2D eigenvalue weighted by Crippen LogP contribution is -2.56. The van der Waals surface area contributed by atoms with Gasteiger partial charge in [0, 0.05) is 0 Å². The van der Waals surface area contributed by atoms with Crippen LogP contribution in [0.1, 0.15) is 32.6 Å². The van der Waals surface area contributed by atoms with Crippen LogP contribution in [0.3, 0.4) is 0 Å². The van der Waals surface area contributed by atoms with Gasteiger partial charge < -0.3 is 16.2 Å². The molecule has 1 aliphatic rings. The van der Waals surface area contributed by atoms with Crippen molar-refractivity contribution in [3.05, 3.63) is 0 Å². The molecule has 15 heavy (non-hydrogen) atoms. The largest absolute Gasteiger partial charge is 0.480 e. The Kier molecular flexibility index (Phi) is 3.68. The first-order valence-electron chi connectivity index (χ1n) is 5.23. The molecule has 0 aromatic heterocycles. The second-order valence-electron chi connectivity index (χ2n) is 4.43. The van der Waals surface area contributed by atoms with E-state index in [-0.39, 0.29) is 12.5 Å². The predicted octanol–water partition coefficient (Wildman–Crippen LogP) is 0.0948. The molecule has 2 atom stereocenters. The first kappa shape index (κ1) is 12.0. The molecule has 0 radical (unpaired) electrons. The second kappa shape index (κ2) is 4.61. The number of amides is 1. The van der Waals surface area contributed by atoms with Crippen LogP contribution in [0.2, 0.25) is 0 Å². The molecule has 5 heteroatoms. The number of nitrogens with two attached hydrogens (primary N) is 1. The van der Waals surface area contributed by atoms with Gasteiger partial charge in [0.15, 0.2) is 0 Å². The van der Waals surface area contributed by atoms with E-state index in [2.05, 4.69) is 12.2 Å². The normalized spacial score (nSPS) is 30.9. The number of carbonyl (C=O) groups excluding carboxylic acids is 1. The molecule has 0 aromatic rings. The molecule has 1 fully saturated rings. The third kappa shape index (κ3) is 3.20. The molecule has 0 aromatic carbocycles. The minimum atomic E-state index is -1.05. The first-order chi connectivity index (χ1) is 6.94. The number of nitrogens with one attached hydrogen (secondary N) is 1. The molecule has 5 nitrogen and oxygen atoms in total. The Morgan fingerprint density at radius 1 is 1.60 bits per heavy atom. The van der Waals surface area contributed by atoms with Crippen LogP contribution < -0.4 is 11.1 Å². The van der Waals surface area contributed by atoms with Crippen LogP contribution in [-0.2, 0) is 9.59 Å². The van der Waals surface area contributed by atoms with Gasteiger partial charge in [-0.1, -0.05) is 19.8 Å². The van der Waals surface area contributed by atoms with Gasteiger partial charge in [0.25, 0.3) is 0 Å². The number of aliphatic carboxylic acids is 1. The fourth-order valence-corrected chi connectivity index (χ4v) is 2.13. The average Bonchev–Trinajstić information content (AvgIpc) is 2.13. The summed E-state index contributed by atoms with van der Waals surface area (Å²) in [5.41, 5.74) is 5.11. The summed E-state index contributed by atoms with van der Waals surface area (Å²) in [5.74, 6) is -0.952. The Hall–Kier alpha value is -1.10. The highest BCUT2D eigenvalue weighted by molar-refractivity contribution is 5.88. The monoisotopic (exact) mass is 214 g/mol. The van der Waals surface area contributed by atoms with E-state index in [1.165, 1.54) is 0 Å². The molecule has 1 amide bonds. The molecule has 1 aliphatic carbocycles. The summed E-state index contributed by atoms with van der Waals surface area (Å²) in [6, 6.07) is 0. The number of hydrogen-bond donors (Lipinski definition) is 3. The van der Waals surface area contributed by atoms with Crippen molar-refractivity contribution in [2.24, 2.45) is 11.7 Å². The molecule has 2 unspecified atom stereocenters. The van der Waals surface area contributed by atoms with Crippen molar-refractivity contribution in [1.29, 1.82) is 0 Å². The maximum absolute atomic E-state index is 11.7. The minimum absolute atomic E-state index is 0.337. The Balaban J connectivity index is 2.52. The average molecular weight is 214 g/mol. The van der Waals surface area contributed by atoms with Crippen molar-refractivity contribution in [2.45, 2.75) is 38.1 Å². The molecule has 0 aliphatic heterocycles. The summed E-state index contributed by atoms with van der Waals surface area (Å²) in [6.45, 7) is 1.71. The number of hydrogen-bond acceptors (Lipinski definition) is 3. The summed E-state index contributed by atoms with van der Waals surface area (Å²) in [7, 11) is 0. The summed E-state index contributed by atoms with van der Waals surface area (Å²) in [5, 5.41) is 10.8. The van der Waals surface area contributed by atoms with Gasteiger partial charge in [-0.15, -0.1) is 0 Å². The van der Waals surface area contributed by atoms with E-state index in [4.69, 9.17) is 10.8 Å². The summed E-state index contributed by atoms with van der Waals surface area (Å²) < 4.78 is 0. The molecule has 86 valence electrons. The molecule has 0 spiro atoms. The smallest absolute Gasteiger partial charge is 0.322 e. The molecule has 0 bridgehead atoms. The van der Waals surface area contributed by atoms with Gasteiger partial charge in [-0.05, 0) is 18.8 Å². The first-order valence-corrected chi connectivity index (χ1v) is 5.23. The fraction of sp³-hybridized carbons (Fsp3) is 0.800. The van der Waals surface area contributed by atoms with E-state index in [1.807, 2.05) is 0 Å². The van der Waals surface area contributed by atoms with Gasteiger partial charge in [-0.2, -0.15) is 0 Å². The number of rotatable bonds is 3. The molecule has 1 saturated carbocycles. The highest BCUT2D eigenvalue weighted by atomic mass is 16.4. The van der Waals surface area contributed by atoms with Gasteiger partial charge >= 0.3 is 5.97 Å². The van der Waals surface area contributed by atoms with Crippen molar-refractivity contribution in [3.63, 3.8) is 0 Å². The number of carboxylic acids is 1. The maximum atomic E-state index is 11.7. The van der Waals surface area contributed by atoms with Crippen molar-refractivity contribution in [1.82, 2.24) is 5.32 Å². The van der Waals surface area contributed by atoms with Crippen molar-refractivity contribution in [3.8, 4) is 0 Å². The zero-order chi connectivity index (χ0) is 11.5. The highest BCUT2D eigenvalue weighted by Gasteiger charge is 2.37. The molecule has 4 N–H and O–H groups in total. The lowest BCUT2D eigenvalue weighted by atomic mass is 9.76. The second-order valence-corrected chi connectivity index (χ2v) is 4.43. The van der Waals surface area contributed by atoms with Crippen LogP contribution >= 0.6 is 0 Å². The van der Waals surface area contributed by atoms with Gasteiger partial charge in [0.2, 0.25) is 5.91 Å². The van der Waals surface area contributed by atoms with Crippen LogP contribution in [0.25, 0.3) is 0 Å². The molecular formula is C10H18N2O3.